The fraction of sp³-hybridized carbons (Fsp3) is 0.429. The van der Waals surface area contributed by atoms with Crippen LogP contribution in [0.2, 0.25) is 0 Å². The Morgan fingerprint density at radius 2 is 1.62 bits per heavy atom. The zero-order valence-electron chi connectivity index (χ0n) is 17.3. The first-order valence-electron chi connectivity index (χ1n) is 9.97. The molecule has 0 N–H and O–H groups in total. The molecule has 2 aromatic rings. The molecule has 0 saturated carbocycles. The summed E-state index contributed by atoms with van der Waals surface area (Å²) in [6, 6.07) is 8.28. The first kappa shape index (κ1) is 21.3. The Balaban J connectivity index is 2.13. The lowest BCUT2D eigenvalue weighted by atomic mass is 10.1. The largest absolute Gasteiger partial charge is 0.342 e. The predicted octanol–water partition coefficient (Wildman–Crippen LogP) is 2.70. The van der Waals surface area contributed by atoms with Crippen molar-refractivity contribution in [3.8, 4) is 0 Å². The molecule has 0 radical (unpaired) electrons. The molecule has 29 heavy (non-hydrogen) atoms. The quantitative estimate of drug-likeness (QED) is 0.662. The molecule has 8 heteroatoms. The van der Waals surface area contributed by atoms with Crippen LogP contribution in [0.15, 0.2) is 35.2 Å². The molecule has 1 heterocycles. The van der Waals surface area contributed by atoms with Gasteiger partial charge in [0, 0.05) is 42.5 Å². The first-order chi connectivity index (χ1) is 13.8. The van der Waals surface area contributed by atoms with Crippen molar-refractivity contribution >= 4 is 38.3 Å². The third kappa shape index (κ3) is 3.40. The highest BCUT2D eigenvalue weighted by Crippen LogP contribution is 2.40. The summed E-state index contributed by atoms with van der Waals surface area (Å²) in [6.07, 6.45) is 0. The van der Waals surface area contributed by atoms with Crippen LogP contribution in [0.25, 0.3) is 10.8 Å². The van der Waals surface area contributed by atoms with Gasteiger partial charge in [-0.2, -0.15) is 4.31 Å². The predicted molar refractivity (Wildman–Crippen MR) is 114 cm³/mol. The monoisotopic (exact) mass is 417 g/mol. The minimum Gasteiger partial charge on any atom is -0.342 e. The van der Waals surface area contributed by atoms with E-state index >= 15 is 0 Å². The van der Waals surface area contributed by atoms with Crippen molar-refractivity contribution in [2.75, 3.05) is 37.6 Å². The minimum atomic E-state index is -3.68. The summed E-state index contributed by atoms with van der Waals surface area (Å²) < 4.78 is 27.7. The van der Waals surface area contributed by atoms with Crippen molar-refractivity contribution in [2.24, 2.45) is 0 Å². The normalized spacial score (nSPS) is 13.6. The van der Waals surface area contributed by atoms with E-state index in [1.54, 1.807) is 49.1 Å². The van der Waals surface area contributed by atoms with Gasteiger partial charge in [-0.3, -0.25) is 14.5 Å². The number of amides is 2. The van der Waals surface area contributed by atoms with Gasteiger partial charge in [0.15, 0.2) is 0 Å². The van der Waals surface area contributed by atoms with Crippen LogP contribution in [0.1, 0.15) is 38.1 Å². The summed E-state index contributed by atoms with van der Waals surface area (Å²) >= 11 is 0. The average Bonchev–Trinajstić information content (AvgIpc) is 2.97. The molecular weight excluding hydrogens is 390 g/mol. The highest BCUT2D eigenvalue weighted by molar-refractivity contribution is 7.89. The fourth-order valence-electron chi connectivity index (χ4n) is 3.92. The van der Waals surface area contributed by atoms with Gasteiger partial charge in [0.05, 0.1) is 10.6 Å². The summed E-state index contributed by atoms with van der Waals surface area (Å²) in [5.74, 6) is -0.410. The number of anilines is 1. The van der Waals surface area contributed by atoms with Gasteiger partial charge in [-0.25, -0.2) is 8.42 Å². The zero-order chi connectivity index (χ0) is 21.3. The number of nitrogens with zero attached hydrogens (tertiary/aromatic N) is 3. The maximum Gasteiger partial charge on any atom is 0.259 e. The Labute approximate surface area is 171 Å². The van der Waals surface area contributed by atoms with Gasteiger partial charge in [-0.1, -0.05) is 26.0 Å². The maximum absolute atomic E-state index is 13.1. The van der Waals surface area contributed by atoms with Crippen LogP contribution in [-0.4, -0.2) is 62.2 Å². The van der Waals surface area contributed by atoms with Crippen LogP contribution in [0.5, 0.6) is 0 Å². The lowest BCUT2D eigenvalue weighted by Gasteiger charge is -2.24. The van der Waals surface area contributed by atoms with Gasteiger partial charge in [0.2, 0.25) is 15.9 Å². The van der Waals surface area contributed by atoms with Gasteiger partial charge in [-0.15, -0.1) is 0 Å². The second-order valence-electron chi connectivity index (χ2n) is 6.86. The third-order valence-corrected chi connectivity index (χ3v) is 7.59. The second kappa shape index (κ2) is 8.12. The summed E-state index contributed by atoms with van der Waals surface area (Å²) in [5.41, 5.74) is 1.01. The van der Waals surface area contributed by atoms with Crippen LogP contribution >= 0.6 is 0 Å². The maximum atomic E-state index is 13.1. The van der Waals surface area contributed by atoms with E-state index in [9.17, 15) is 18.0 Å². The molecule has 2 aromatic carbocycles. The van der Waals surface area contributed by atoms with Crippen LogP contribution in [0, 0.1) is 0 Å². The van der Waals surface area contributed by atoms with Gasteiger partial charge >= 0.3 is 0 Å². The summed E-state index contributed by atoms with van der Waals surface area (Å²) in [5, 5.41) is 1.11. The molecular formula is C21H27N3O4S. The second-order valence-corrected chi connectivity index (χ2v) is 8.76. The zero-order valence-corrected chi connectivity index (χ0v) is 18.1. The SMILES string of the molecule is CCN(CC)C(=O)CN1C(=O)c2cccc3c(S(=O)(=O)N(CC)CC)ccc1c23. The molecule has 7 nitrogen and oxygen atoms in total. The molecule has 0 atom stereocenters. The van der Waals surface area contributed by atoms with Crippen LogP contribution in [0.4, 0.5) is 5.69 Å². The highest BCUT2D eigenvalue weighted by Gasteiger charge is 2.34. The number of benzene rings is 2. The van der Waals surface area contributed by atoms with Crippen molar-refractivity contribution in [1.82, 2.24) is 9.21 Å². The molecule has 0 fully saturated rings. The van der Waals surface area contributed by atoms with Crippen molar-refractivity contribution in [3.63, 3.8) is 0 Å². The van der Waals surface area contributed by atoms with E-state index in [-0.39, 0.29) is 23.3 Å². The lowest BCUT2D eigenvalue weighted by molar-refractivity contribution is -0.129. The molecule has 0 aromatic heterocycles. The summed E-state index contributed by atoms with van der Waals surface area (Å²) in [6.45, 7) is 9.20. The van der Waals surface area contributed by atoms with Crippen LogP contribution < -0.4 is 4.90 Å². The standard InChI is InChI=1S/C21H27N3O4S/c1-5-22(6-2)19(25)14-24-17-12-13-18(29(27,28)23(7-3)8-4)15-10-9-11-16(20(15)17)21(24)26/h9-13H,5-8,14H2,1-4H3. The molecule has 0 spiro atoms. The Morgan fingerprint density at radius 1 is 0.966 bits per heavy atom. The van der Waals surface area contributed by atoms with E-state index in [1.165, 1.54) is 9.21 Å². The lowest BCUT2D eigenvalue weighted by Crippen LogP contribution is -2.41. The molecule has 1 aliphatic heterocycles. The number of hydrogen-bond donors (Lipinski definition) is 0. The Morgan fingerprint density at radius 3 is 2.21 bits per heavy atom. The van der Waals surface area contributed by atoms with E-state index in [0.717, 1.165) is 0 Å². The Kier molecular flexibility index (Phi) is 5.95. The molecule has 156 valence electrons. The molecule has 3 rings (SSSR count). The first-order valence-corrected chi connectivity index (χ1v) is 11.4. The van der Waals surface area contributed by atoms with E-state index in [1.807, 2.05) is 13.8 Å². The number of rotatable bonds is 8. The number of carbonyl (C=O) groups is 2. The summed E-state index contributed by atoms with van der Waals surface area (Å²) in [4.78, 5) is 28.9. The molecule has 0 aliphatic carbocycles. The fourth-order valence-corrected chi connectivity index (χ4v) is 5.56. The Bertz CT molecular complexity index is 1060. The third-order valence-electron chi connectivity index (χ3n) is 5.48. The van der Waals surface area contributed by atoms with Gasteiger partial charge in [-0.05, 0) is 32.0 Å². The average molecular weight is 418 g/mol. The van der Waals surface area contributed by atoms with E-state index in [2.05, 4.69) is 0 Å². The topological polar surface area (TPSA) is 78.0 Å². The van der Waals surface area contributed by atoms with E-state index in [4.69, 9.17) is 0 Å². The molecule has 0 saturated heterocycles. The van der Waals surface area contributed by atoms with E-state index < -0.39 is 10.0 Å². The van der Waals surface area contributed by atoms with Crippen molar-refractivity contribution in [1.29, 1.82) is 0 Å². The van der Waals surface area contributed by atoms with Crippen molar-refractivity contribution in [3.05, 3.63) is 35.9 Å². The summed E-state index contributed by atoms with van der Waals surface area (Å²) in [7, 11) is -3.68. The molecule has 2 amide bonds. The van der Waals surface area contributed by atoms with E-state index in [0.29, 0.717) is 48.2 Å². The van der Waals surface area contributed by atoms with Crippen LogP contribution in [-0.2, 0) is 14.8 Å². The molecule has 1 aliphatic rings. The Hall–Kier alpha value is -2.45. The minimum absolute atomic E-state index is 0.0631. The smallest absolute Gasteiger partial charge is 0.259 e. The van der Waals surface area contributed by atoms with Gasteiger partial charge in [0.25, 0.3) is 5.91 Å². The van der Waals surface area contributed by atoms with Gasteiger partial charge in [0.1, 0.15) is 6.54 Å². The van der Waals surface area contributed by atoms with Crippen LogP contribution in [0.3, 0.4) is 0 Å². The molecule has 0 bridgehead atoms. The number of sulfonamides is 1. The number of carbonyl (C=O) groups excluding carboxylic acids is 2. The number of hydrogen-bond acceptors (Lipinski definition) is 4. The highest BCUT2D eigenvalue weighted by atomic mass is 32.2. The van der Waals surface area contributed by atoms with Crippen molar-refractivity contribution in [2.45, 2.75) is 32.6 Å². The van der Waals surface area contributed by atoms with Crippen molar-refractivity contribution < 1.29 is 18.0 Å². The van der Waals surface area contributed by atoms with Gasteiger partial charge < -0.3 is 4.90 Å². The molecule has 0 unspecified atom stereocenters. The number of likely N-dealkylation sites (N-methyl/N-ethyl adjacent to an activating group) is 1.